The molecule has 0 amide bonds. The third kappa shape index (κ3) is 2.13. The Bertz CT molecular complexity index is 272. The van der Waals surface area contributed by atoms with E-state index >= 15 is 0 Å². The lowest BCUT2D eigenvalue weighted by Crippen LogP contribution is -2.51. The number of hydrogen-bond donors (Lipinski definition) is 3. The van der Waals surface area contributed by atoms with Gasteiger partial charge in [0.1, 0.15) is 11.5 Å². The molecule has 2 heterocycles. The van der Waals surface area contributed by atoms with Gasteiger partial charge in [0.05, 0.1) is 18.2 Å². The first-order valence-electron chi connectivity index (χ1n) is 5.03. The Hall–Kier alpha value is -0.300. The quantitative estimate of drug-likeness (QED) is 0.570. The number of amidine groups is 1. The van der Waals surface area contributed by atoms with Crippen LogP contribution in [-0.4, -0.2) is 52.2 Å². The molecular formula is C9H16N2O3S. The van der Waals surface area contributed by atoms with E-state index in [0.29, 0.717) is 6.42 Å². The van der Waals surface area contributed by atoms with Crippen molar-refractivity contribution >= 4 is 16.9 Å². The summed E-state index contributed by atoms with van der Waals surface area (Å²) in [6.45, 7) is 1.64. The summed E-state index contributed by atoms with van der Waals surface area (Å²) in [5.41, 5.74) is -0.0494. The van der Waals surface area contributed by atoms with Crippen LogP contribution in [0.3, 0.4) is 0 Å². The van der Waals surface area contributed by atoms with Crippen LogP contribution in [0.15, 0.2) is 4.99 Å². The molecule has 2 aliphatic rings. The van der Waals surface area contributed by atoms with E-state index in [1.165, 1.54) is 11.8 Å². The van der Waals surface area contributed by atoms with Crippen LogP contribution in [0.4, 0.5) is 0 Å². The van der Waals surface area contributed by atoms with Gasteiger partial charge in [0.25, 0.3) is 0 Å². The Kier molecular flexibility index (Phi) is 3.20. The molecular weight excluding hydrogens is 216 g/mol. The summed E-state index contributed by atoms with van der Waals surface area (Å²) in [7, 11) is 1.72. The predicted molar refractivity (Wildman–Crippen MR) is 58.8 cm³/mol. The molecule has 1 unspecified atom stereocenters. The van der Waals surface area contributed by atoms with Crippen molar-refractivity contribution in [2.45, 2.75) is 43.1 Å². The molecule has 2 aliphatic heterocycles. The van der Waals surface area contributed by atoms with Crippen LogP contribution in [-0.2, 0) is 4.74 Å². The summed E-state index contributed by atoms with van der Waals surface area (Å²) >= 11 is 1.51. The first-order chi connectivity index (χ1) is 7.11. The predicted octanol–water partition coefficient (Wildman–Crippen LogP) is -0.466. The molecule has 0 aromatic rings. The van der Waals surface area contributed by atoms with Crippen molar-refractivity contribution in [1.29, 1.82) is 0 Å². The Labute approximate surface area is 92.9 Å². The molecule has 86 valence electrons. The third-order valence-electron chi connectivity index (χ3n) is 2.71. The molecule has 5 nitrogen and oxygen atoms in total. The molecule has 0 radical (unpaired) electrons. The molecule has 0 saturated carbocycles. The molecule has 0 aromatic carbocycles. The maximum absolute atomic E-state index is 9.77. The summed E-state index contributed by atoms with van der Waals surface area (Å²) in [5, 5.41) is 23.2. The van der Waals surface area contributed by atoms with Gasteiger partial charge in [-0.2, -0.15) is 0 Å². The second-order valence-electron chi connectivity index (χ2n) is 3.91. The van der Waals surface area contributed by atoms with Crippen LogP contribution in [0.2, 0.25) is 0 Å². The minimum absolute atomic E-state index is 0.0494. The minimum Gasteiger partial charge on any atom is -0.391 e. The molecule has 6 heteroatoms. The van der Waals surface area contributed by atoms with Gasteiger partial charge in [0.2, 0.25) is 0 Å². The second-order valence-corrected chi connectivity index (χ2v) is 5.00. The number of nitrogens with zero attached hydrogens (tertiary/aromatic N) is 1. The van der Waals surface area contributed by atoms with E-state index in [-0.39, 0.29) is 11.5 Å². The molecule has 2 rings (SSSR count). The van der Waals surface area contributed by atoms with Gasteiger partial charge in [-0.3, -0.25) is 4.99 Å². The van der Waals surface area contributed by atoms with Gasteiger partial charge in [0, 0.05) is 7.05 Å². The fourth-order valence-corrected chi connectivity index (χ4v) is 3.01. The van der Waals surface area contributed by atoms with Crippen molar-refractivity contribution in [3.05, 3.63) is 0 Å². The lowest BCUT2D eigenvalue weighted by atomic mass is 9.98. The van der Waals surface area contributed by atoms with Crippen LogP contribution in [0.5, 0.6) is 0 Å². The van der Waals surface area contributed by atoms with E-state index in [0.717, 1.165) is 5.17 Å². The van der Waals surface area contributed by atoms with E-state index in [4.69, 9.17) is 4.74 Å². The average Bonchev–Trinajstić information content (AvgIpc) is 2.58. The van der Waals surface area contributed by atoms with Crippen molar-refractivity contribution in [3.63, 3.8) is 0 Å². The van der Waals surface area contributed by atoms with Crippen LogP contribution in [0, 0.1) is 0 Å². The average molecular weight is 232 g/mol. The van der Waals surface area contributed by atoms with Crippen LogP contribution in [0.25, 0.3) is 0 Å². The third-order valence-corrected chi connectivity index (χ3v) is 3.91. The molecule has 15 heavy (non-hydrogen) atoms. The number of ether oxygens (including phenoxy) is 1. The number of thioether (sulfide) groups is 1. The van der Waals surface area contributed by atoms with Gasteiger partial charge in [-0.25, -0.2) is 0 Å². The van der Waals surface area contributed by atoms with Gasteiger partial charge in [-0.05, 0) is 13.3 Å². The van der Waals surface area contributed by atoms with Gasteiger partial charge in [-0.1, -0.05) is 11.8 Å². The number of rotatable bonds is 1. The number of hydrogen-bond acceptors (Lipinski definition) is 5. The second kappa shape index (κ2) is 4.29. The van der Waals surface area contributed by atoms with Gasteiger partial charge >= 0.3 is 0 Å². The number of nitrogens with one attached hydrogen (secondary N) is 1. The number of aliphatic imine (C=N–C) groups is 1. The zero-order valence-corrected chi connectivity index (χ0v) is 9.57. The van der Waals surface area contributed by atoms with Gasteiger partial charge in [-0.15, -0.1) is 0 Å². The molecule has 0 bridgehead atoms. The van der Waals surface area contributed by atoms with Gasteiger partial charge < -0.3 is 20.3 Å². The number of aliphatic hydroxyl groups excluding tert-OH is 2. The summed E-state index contributed by atoms with van der Waals surface area (Å²) in [6, 6.07) is 0.0960. The zero-order valence-electron chi connectivity index (χ0n) is 8.75. The molecule has 0 aliphatic carbocycles. The standard InChI is InChI=1S/C9H16N2O3S/c1-4(12)7-6(13)3-5-8(14-7)15-9(10-2)11-5/h4-8,12-13H,3H2,1-2H3,(H,10,11)/t4-,5+,6-,7?,8+/m0/s1. The lowest BCUT2D eigenvalue weighted by molar-refractivity contribution is -0.138. The Morgan fingerprint density at radius 2 is 2.40 bits per heavy atom. The molecule has 0 aromatic heterocycles. The topological polar surface area (TPSA) is 74.1 Å². The zero-order chi connectivity index (χ0) is 11.0. The lowest BCUT2D eigenvalue weighted by Gasteiger charge is -2.36. The Balaban J connectivity index is 2.05. The first-order valence-corrected chi connectivity index (χ1v) is 5.91. The van der Waals surface area contributed by atoms with Crippen molar-refractivity contribution in [2.24, 2.45) is 4.99 Å². The maximum atomic E-state index is 9.77. The van der Waals surface area contributed by atoms with E-state index in [2.05, 4.69) is 10.3 Å². The van der Waals surface area contributed by atoms with Gasteiger partial charge in [0.15, 0.2) is 5.17 Å². The highest BCUT2D eigenvalue weighted by Gasteiger charge is 2.43. The van der Waals surface area contributed by atoms with Crippen LogP contribution < -0.4 is 5.32 Å². The largest absolute Gasteiger partial charge is 0.391 e. The first kappa shape index (κ1) is 11.2. The van der Waals surface area contributed by atoms with E-state index in [1.54, 1.807) is 14.0 Å². The van der Waals surface area contributed by atoms with Crippen molar-refractivity contribution in [3.8, 4) is 0 Å². The van der Waals surface area contributed by atoms with Crippen LogP contribution >= 0.6 is 11.8 Å². The molecule has 3 N–H and O–H groups in total. The van der Waals surface area contributed by atoms with Crippen LogP contribution in [0.1, 0.15) is 13.3 Å². The monoisotopic (exact) mass is 232 g/mol. The molecule has 2 saturated heterocycles. The van der Waals surface area contributed by atoms with E-state index in [1.807, 2.05) is 0 Å². The van der Waals surface area contributed by atoms with E-state index in [9.17, 15) is 10.2 Å². The Morgan fingerprint density at radius 3 is 3.00 bits per heavy atom. The fraction of sp³-hybridized carbons (Fsp3) is 0.889. The minimum atomic E-state index is -0.649. The number of fused-ring (bicyclic) bond motifs is 1. The molecule has 0 spiro atoms. The van der Waals surface area contributed by atoms with Crippen molar-refractivity contribution in [2.75, 3.05) is 7.05 Å². The fourth-order valence-electron chi connectivity index (χ4n) is 1.94. The highest BCUT2D eigenvalue weighted by Crippen LogP contribution is 2.34. The maximum Gasteiger partial charge on any atom is 0.159 e. The number of aliphatic hydroxyl groups is 2. The molecule has 5 atom stereocenters. The smallest absolute Gasteiger partial charge is 0.159 e. The van der Waals surface area contributed by atoms with E-state index < -0.39 is 18.3 Å². The highest BCUT2D eigenvalue weighted by molar-refractivity contribution is 8.14. The Morgan fingerprint density at radius 1 is 1.67 bits per heavy atom. The summed E-state index contributed by atoms with van der Waals surface area (Å²) < 4.78 is 5.64. The summed E-state index contributed by atoms with van der Waals surface area (Å²) in [4.78, 5) is 4.05. The van der Waals surface area contributed by atoms with Crippen molar-refractivity contribution < 1.29 is 14.9 Å². The normalized spacial score (nSPS) is 44.9. The molecule has 2 fully saturated rings. The highest BCUT2D eigenvalue weighted by atomic mass is 32.2. The van der Waals surface area contributed by atoms with Crippen molar-refractivity contribution in [1.82, 2.24) is 5.32 Å². The summed E-state index contributed by atoms with van der Waals surface area (Å²) in [5.74, 6) is 0. The summed E-state index contributed by atoms with van der Waals surface area (Å²) in [6.07, 6.45) is -1.16. The SMILES string of the molecule is CN=C1N[C@@H]2C[C@H](O)C([C@H](C)O)O[C@@H]2S1.